The van der Waals surface area contributed by atoms with E-state index in [-0.39, 0.29) is 24.6 Å². The lowest BCUT2D eigenvalue weighted by molar-refractivity contribution is 0.0904. The van der Waals surface area contributed by atoms with Crippen LogP contribution in [0.5, 0.6) is 0 Å². The van der Waals surface area contributed by atoms with E-state index < -0.39 is 0 Å². The van der Waals surface area contributed by atoms with Gasteiger partial charge in [-0.2, -0.15) is 0 Å². The summed E-state index contributed by atoms with van der Waals surface area (Å²) in [5.74, 6) is 0.162. The standard InChI is InChI=1S/C12H21N3O2S/c1-7(2)4-9(5-16)14-11(17)10-6-18-12(15-10)8(3)13/h6-9,16H,4-5,13H2,1-3H3,(H,14,17). The fourth-order valence-corrected chi connectivity index (χ4v) is 2.37. The minimum absolute atomic E-state index is 0.0613. The van der Waals surface area contributed by atoms with Crippen molar-refractivity contribution in [3.63, 3.8) is 0 Å². The molecule has 4 N–H and O–H groups in total. The largest absolute Gasteiger partial charge is 0.394 e. The van der Waals surface area contributed by atoms with Gasteiger partial charge in [0.2, 0.25) is 0 Å². The van der Waals surface area contributed by atoms with Crippen molar-refractivity contribution in [1.82, 2.24) is 10.3 Å². The van der Waals surface area contributed by atoms with E-state index in [1.807, 2.05) is 20.8 Å². The van der Waals surface area contributed by atoms with E-state index >= 15 is 0 Å². The number of hydrogen-bond acceptors (Lipinski definition) is 5. The summed E-state index contributed by atoms with van der Waals surface area (Å²) in [5, 5.41) is 14.4. The van der Waals surface area contributed by atoms with Crippen molar-refractivity contribution in [2.75, 3.05) is 6.61 Å². The first kappa shape index (κ1) is 15.1. The van der Waals surface area contributed by atoms with Crippen LogP contribution in [0.1, 0.15) is 48.7 Å². The molecule has 0 bridgehead atoms. The number of amides is 1. The monoisotopic (exact) mass is 271 g/mol. The van der Waals surface area contributed by atoms with Crippen LogP contribution in [0.25, 0.3) is 0 Å². The van der Waals surface area contributed by atoms with Gasteiger partial charge in [-0.1, -0.05) is 13.8 Å². The molecule has 1 aromatic rings. The molecule has 5 nitrogen and oxygen atoms in total. The smallest absolute Gasteiger partial charge is 0.271 e. The zero-order chi connectivity index (χ0) is 13.7. The molecule has 0 aliphatic rings. The van der Waals surface area contributed by atoms with Gasteiger partial charge in [0, 0.05) is 5.38 Å². The van der Waals surface area contributed by atoms with Gasteiger partial charge in [0.15, 0.2) is 0 Å². The Labute approximate surface area is 111 Å². The lowest BCUT2D eigenvalue weighted by Gasteiger charge is -2.17. The van der Waals surface area contributed by atoms with Crippen molar-refractivity contribution in [3.8, 4) is 0 Å². The van der Waals surface area contributed by atoms with E-state index in [9.17, 15) is 9.90 Å². The molecule has 2 unspecified atom stereocenters. The quantitative estimate of drug-likeness (QED) is 0.727. The summed E-state index contributed by atoms with van der Waals surface area (Å²) in [6.07, 6.45) is 0.743. The lowest BCUT2D eigenvalue weighted by Crippen LogP contribution is -2.38. The summed E-state index contributed by atoms with van der Waals surface area (Å²) in [7, 11) is 0. The van der Waals surface area contributed by atoms with Crippen LogP contribution in [-0.2, 0) is 0 Å². The highest BCUT2D eigenvalue weighted by Gasteiger charge is 2.17. The number of carbonyl (C=O) groups is 1. The van der Waals surface area contributed by atoms with Gasteiger partial charge in [-0.25, -0.2) is 4.98 Å². The Morgan fingerprint density at radius 2 is 2.22 bits per heavy atom. The maximum atomic E-state index is 11.9. The van der Waals surface area contributed by atoms with E-state index in [0.29, 0.717) is 11.6 Å². The number of nitrogens with two attached hydrogens (primary N) is 1. The molecular weight excluding hydrogens is 250 g/mol. The Morgan fingerprint density at radius 3 is 2.67 bits per heavy atom. The molecule has 0 radical (unpaired) electrons. The molecule has 6 heteroatoms. The minimum Gasteiger partial charge on any atom is -0.394 e. The molecular formula is C12H21N3O2S. The Balaban J connectivity index is 2.62. The van der Waals surface area contributed by atoms with Crippen molar-refractivity contribution < 1.29 is 9.90 Å². The summed E-state index contributed by atoms with van der Waals surface area (Å²) >= 11 is 1.38. The van der Waals surface area contributed by atoms with Gasteiger partial charge >= 0.3 is 0 Å². The molecule has 0 spiro atoms. The van der Waals surface area contributed by atoms with Gasteiger partial charge in [0.05, 0.1) is 18.7 Å². The fraction of sp³-hybridized carbons (Fsp3) is 0.667. The molecule has 0 aromatic carbocycles. The van der Waals surface area contributed by atoms with Crippen LogP contribution in [0.2, 0.25) is 0 Å². The maximum absolute atomic E-state index is 11.9. The Bertz CT molecular complexity index is 390. The normalized spacial score (nSPS) is 14.6. The van der Waals surface area contributed by atoms with Crippen LogP contribution in [0.3, 0.4) is 0 Å². The zero-order valence-electron chi connectivity index (χ0n) is 11.0. The van der Waals surface area contributed by atoms with Gasteiger partial charge in [-0.3, -0.25) is 4.79 Å². The summed E-state index contributed by atoms with van der Waals surface area (Å²) in [6, 6.07) is -0.390. The topological polar surface area (TPSA) is 88.2 Å². The summed E-state index contributed by atoms with van der Waals surface area (Å²) in [4.78, 5) is 16.1. The molecule has 0 saturated carbocycles. The third kappa shape index (κ3) is 4.36. The second-order valence-electron chi connectivity index (χ2n) is 4.84. The molecule has 0 aliphatic heterocycles. The predicted octanol–water partition coefficient (Wildman–Crippen LogP) is 1.30. The molecule has 1 amide bonds. The number of thiazole rings is 1. The van der Waals surface area contributed by atoms with Crippen molar-refractivity contribution >= 4 is 17.2 Å². The number of nitrogens with one attached hydrogen (secondary N) is 1. The second-order valence-corrected chi connectivity index (χ2v) is 5.73. The first-order valence-corrected chi connectivity index (χ1v) is 6.94. The summed E-state index contributed by atoms with van der Waals surface area (Å²) < 4.78 is 0. The Kier molecular flexibility index (Phi) is 5.71. The highest BCUT2D eigenvalue weighted by atomic mass is 32.1. The van der Waals surface area contributed by atoms with Crippen LogP contribution in [0.15, 0.2) is 5.38 Å². The van der Waals surface area contributed by atoms with Gasteiger partial charge in [0.25, 0.3) is 5.91 Å². The second kappa shape index (κ2) is 6.82. The number of aliphatic hydroxyl groups excluding tert-OH is 1. The Morgan fingerprint density at radius 1 is 1.56 bits per heavy atom. The fourth-order valence-electron chi connectivity index (χ4n) is 1.61. The predicted molar refractivity (Wildman–Crippen MR) is 72.5 cm³/mol. The molecule has 1 rings (SSSR count). The van der Waals surface area contributed by atoms with Crippen LogP contribution in [0, 0.1) is 5.92 Å². The van der Waals surface area contributed by atoms with Crippen molar-refractivity contribution in [2.45, 2.75) is 39.3 Å². The molecule has 18 heavy (non-hydrogen) atoms. The van der Waals surface area contributed by atoms with Crippen LogP contribution in [-0.4, -0.2) is 28.6 Å². The first-order valence-electron chi connectivity index (χ1n) is 6.06. The third-order valence-electron chi connectivity index (χ3n) is 2.46. The molecule has 0 saturated heterocycles. The number of carbonyl (C=O) groups excluding carboxylic acids is 1. The first-order chi connectivity index (χ1) is 8.43. The van der Waals surface area contributed by atoms with Crippen LogP contribution < -0.4 is 11.1 Å². The van der Waals surface area contributed by atoms with Crippen molar-refractivity contribution in [2.24, 2.45) is 11.7 Å². The van der Waals surface area contributed by atoms with Crippen molar-refractivity contribution in [3.05, 3.63) is 16.1 Å². The number of aromatic nitrogens is 1. The number of hydrogen-bond donors (Lipinski definition) is 3. The average molecular weight is 271 g/mol. The molecule has 2 atom stereocenters. The zero-order valence-corrected chi connectivity index (χ0v) is 11.8. The minimum atomic E-state index is -0.252. The lowest BCUT2D eigenvalue weighted by atomic mass is 10.0. The third-order valence-corrected chi connectivity index (χ3v) is 3.50. The maximum Gasteiger partial charge on any atom is 0.271 e. The number of rotatable bonds is 6. The van der Waals surface area contributed by atoms with E-state index in [1.165, 1.54) is 11.3 Å². The summed E-state index contributed by atoms with van der Waals surface area (Å²) in [6.45, 7) is 5.86. The molecule has 0 aliphatic carbocycles. The van der Waals surface area contributed by atoms with Crippen molar-refractivity contribution in [1.29, 1.82) is 0 Å². The van der Waals surface area contributed by atoms with Gasteiger partial charge in [-0.15, -0.1) is 11.3 Å². The number of nitrogens with zero attached hydrogens (tertiary/aromatic N) is 1. The number of aliphatic hydroxyl groups is 1. The molecule has 1 aromatic heterocycles. The summed E-state index contributed by atoms with van der Waals surface area (Å²) in [5.41, 5.74) is 6.07. The van der Waals surface area contributed by atoms with E-state index in [0.717, 1.165) is 11.4 Å². The average Bonchev–Trinajstić information content (AvgIpc) is 2.76. The molecule has 102 valence electrons. The van der Waals surface area contributed by atoms with Gasteiger partial charge in [0.1, 0.15) is 10.7 Å². The van der Waals surface area contributed by atoms with E-state index in [1.54, 1.807) is 5.38 Å². The molecule has 1 heterocycles. The van der Waals surface area contributed by atoms with E-state index in [4.69, 9.17) is 5.73 Å². The highest BCUT2D eigenvalue weighted by Crippen LogP contribution is 2.16. The van der Waals surface area contributed by atoms with E-state index in [2.05, 4.69) is 10.3 Å². The SMILES string of the molecule is CC(C)CC(CO)NC(=O)c1csc(C(C)N)n1. The highest BCUT2D eigenvalue weighted by molar-refractivity contribution is 7.09. The van der Waals surface area contributed by atoms with Crippen LogP contribution in [0.4, 0.5) is 0 Å². The van der Waals surface area contributed by atoms with Gasteiger partial charge in [-0.05, 0) is 19.3 Å². The Hall–Kier alpha value is -0.980. The van der Waals surface area contributed by atoms with Crippen LogP contribution >= 0.6 is 11.3 Å². The molecule has 0 fully saturated rings. The van der Waals surface area contributed by atoms with Gasteiger partial charge < -0.3 is 16.2 Å².